The Morgan fingerprint density at radius 1 is 1.04 bits per heavy atom. The van der Waals surface area contributed by atoms with Gasteiger partial charge in [0.05, 0.1) is 28.5 Å². The summed E-state index contributed by atoms with van der Waals surface area (Å²) in [5.41, 5.74) is 0.713. The number of hydrogen-bond acceptors (Lipinski definition) is 5. The molecule has 0 unspecified atom stereocenters. The van der Waals surface area contributed by atoms with Crippen LogP contribution < -0.4 is 0 Å². The van der Waals surface area contributed by atoms with E-state index in [0.29, 0.717) is 5.56 Å². The molecule has 1 saturated heterocycles. The van der Waals surface area contributed by atoms with Crippen molar-refractivity contribution in [1.82, 2.24) is 4.31 Å². The Bertz CT molecular complexity index is 976. The molecule has 0 radical (unpaired) electrons. The van der Waals surface area contributed by atoms with Gasteiger partial charge in [0.25, 0.3) is 0 Å². The number of sulfonamides is 1. The fraction of sp³-hybridized carbons (Fsp3) is 0.294. The molecule has 0 bridgehead atoms. The topological polar surface area (TPSA) is 91.8 Å². The highest BCUT2D eigenvalue weighted by molar-refractivity contribution is 9.10. The first-order valence-corrected chi connectivity index (χ1v) is 11.9. The average Bonchev–Trinajstić information content (AvgIpc) is 2.86. The van der Waals surface area contributed by atoms with Crippen LogP contribution in [0.1, 0.15) is 5.56 Å². The van der Waals surface area contributed by atoms with Crippen LogP contribution in [0.3, 0.4) is 0 Å². The van der Waals surface area contributed by atoms with E-state index in [-0.39, 0.29) is 11.4 Å². The minimum Gasteiger partial charge on any atom is -0.390 e. The summed E-state index contributed by atoms with van der Waals surface area (Å²) in [4.78, 5) is 0.0492. The molecule has 0 spiro atoms. The van der Waals surface area contributed by atoms with Crippen molar-refractivity contribution in [3.63, 3.8) is 0 Å². The molecule has 3 rings (SSSR count). The van der Waals surface area contributed by atoms with Crippen LogP contribution in [0, 0.1) is 0 Å². The summed E-state index contributed by atoms with van der Waals surface area (Å²) in [5, 5.41) is 10.2. The van der Waals surface area contributed by atoms with Crippen molar-refractivity contribution in [2.45, 2.75) is 23.6 Å². The molecule has 9 heteroatoms. The van der Waals surface area contributed by atoms with Gasteiger partial charge in [0.2, 0.25) is 10.0 Å². The van der Waals surface area contributed by atoms with Crippen molar-refractivity contribution in [3.8, 4) is 0 Å². The molecule has 0 aliphatic carbocycles. The highest BCUT2D eigenvalue weighted by Crippen LogP contribution is 2.28. The maximum absolute atomic E-state index is 13.2. The van der Waals surface area contributed by atoms with Crippen LogP contribution in [0.5, 0.6) is 0 Å². The van der Waals surface area contributed by atoms with Crippen LogP contribution in [0.15, 0.2) is 64.0 Å². The van der Waals surface area contributed by atoms with E-state index in [4.69, 9.17) is 0 Å². The highest BCUT2D eigenvalue weighted by atomic mass is 79.9. The first-order chi connectivity index (χ1) is 12.2. The van der Waals surface area contributed by atoms with E-state index in [1.165, 1.54) is 12.1 Å². The smallest absolute Gasteiger partial charge is 0.243 e. The molecule has 1 N–H and O–H groups in total. The van der Waals surface area contributed by atoms with E-state index < -0.39 is 43.5 Å². The third kappa shape index (κ3) is 4.17. The zero-order chi connectivity index (χ0) is 18.9. The normalized spacial score (nSPS) is 22.6. The molecule has 1 fully saturated rings. The molecule has 140 valence electrons. The van der Waals surface area contributed by atoms with Crippen molar-refractivity contribution in [2.24, 2.45) is 0 Å². The predicted molar refractivity (Wildman–Crippen MR) is 102 cm³/mol. The summed E-state index contributed by atoms with van der Waals surface area (Å²) in [6.07, 6.45) is -1.26. The van der Waals surface area contributed by atoms with Crippen LogP contribution >= 0.6 is 15.9 Å². The number of halogens is 1. The summed E-state index contributed by atoms with van der Waals surface area (Å²) in [5.74, 6) is -0.824. The predicted octanol–water partition coefficient (Wildman–Crippen LogP) is 1.80. The molecule has 1 aliphatic heterocycles. The summed E-state index contributed by atoms with van der Waals surface area (Å²) >= 11 is 3.27. The second-order valence-electron chi connectivity index (χ2n) is 6.20. The third-order valence-electron chi connectivity index (χ3n) is 4.26. The zero-order valence-corrected chi connectivity index (χ0v) is 16.9. The molecule has 2 aromatic carbocycles. The fourth-order valence-electron chi connectivity index (χ4n) is 2.97. The first-order valence-electron chi connectivity index (χ1n) is 7.89. The molecule has 0 saturated carbocycles. The van der Waals surface area contributed by atoms with Crippen molar-refractivity contribution in [3.05, 3.63) is 64.6 Å². The minimum absolute atomic E-state index is 0.0174. The number of aliphatic hydroxyl groups excluding tert-OH is 1. The van der Waals surface area contributed by atoms with E-state index in [2.05, 4.69) is 15.9 Å². The van der Waals surface area contributed by atoms with Gasteiger partial charge in [-0.1, -0.05) is 46.3 Å². The SMILES string of the molecule is O=S1(=O)C[C@@H](O)[C@H](N(Cc2ccccc2)S(=O)(=O)c2ccc(Br)cc2)C1. The van der Waals surface area contributed by atoms with E-state index in [1.54, 1.807) is 36.4 Å². The number of benzene rings is 2. The molecular weight excluding hydrogens is 442 g/mol. The van der Waals surface area contributed by atoms with Crippen molar-refractivity contribution in [2.75, 3.05) is 11.5 Å². The van der Waals surface area contributed by atoms with Gasteiger partial charge in [-0.05, 0) is 29.8 Å². The number of aliphatic hydroxyl groups is 1. The standard InChI is InChI=1S/C17H18BrNO5S2/c18-14-6-8-15(9-7-14)26(23,24)19(10-13-4-2-1-3-5-13)16-11-25(21,22)12-17(16)20/h1-9,16-17,20H,10-12H2/t16-,17-/m1/s1. The molecule has 2 aromatic rings. The van der Waals surface area contributed by atoms with Gasteiger partial charge in [0.1, 0.15) is 0 Å². The second-order valence-corrected chi connectivity index (χ2v) is 11.2. The number of sulfone groups is 1. The minimum atomic E-state index is -3.99. The molecule has 0 aromatic heterocycles. The summed E-state index contributed by atoms with van der Waals surface area (Å²) in [7, 11) is -7.49. The molecule has 1 aliphatic rings. The number of hydrogen-bond donors (Lipinski definition) is 1. The fourth-order valence-corrected chi connectivity index (χ4v) is 6.77. The summed E-state index contributed by atoms with van der Waals surface area (Å²) in [6.45, 7) is -0.0174. The Hall–Kier alpha value is -1.26. The molecule has 0 amide bonds. The Kier molecular flexibility index (Phi) is 5.55. The Morgan fingerprint density at radius 2 is 1.65 bits per heavy atom. The maximum atomic E-state index is 13.2. The van der Waals surface area contributed by atoms with Gasteiger partial charge in [-0.2, -0.15) is 4.31 Å². The maximum Gasteiger partial charge on any atom is 0.243 e. The molecule has 26 heavy (non-hydrogen) atoms. The molecule has 1 heterocycles. The number of nitrogens with zero attached hydrogens (tertiary/aromatic N) is 1. The number of rotatable bonds is 5. The van der Waals surface area contributed by atoms with E-state index in [1.807, 2.05) is 6.07 Å². The van der Waals surface area contributed by atoms with Crippen LogP contribution in [0.2, 0.25) is 0 Å². The van der Waals surface area contributed by atoms with Crippen molar-refractivity contribution in [1.29, 1.82) is 0 Å². The third-order valence-corrected chi connectivity index (χ3v) is 8.38. The van der Waals surface area contributed by atoms with Gasteiger partial charge in [-0.25, -0.2) is 16.8 Å². The highest BCUT2D eigenvalue weighted by Gasteiger charge is 2.44. The lowest BCUT2D eigenvalue weighted by molar-refractivity contribution is 0.125. The van der Waals surface area contributed by atoms with Gasteiger partial charge in [0, 0.05) is 11.0 Å². The van der Waals surface area contributed by atoms with Crippen LogP contribution in [-0.4, -0.2) is 49.9 Å². The van der Waals surface area contributed by atoms with Crippen LogP contribution in [0.4, 0.5) is 0 Å². The van der Waals surface area contributed by atoms with E-state index in [9.17, 15) is 21.9 Å². The molecule has 6 nitrogen and oxygen atoms in total. The van der Waals surface area contributed by atoms with Crippen molar-refractivity contribution >= 4 is 35.8 Å². The van der Waals surface area contributed by atoms with E-state index >= 15 is 0 Å². The Labute approximate surface area is 161 Å². The summed E-state index contributed by atoms with van der Waals surface area (Å²) < 4.78 is 52.1. The van der Waals surface area contributed by atoms with Crippen LogP contribution in [-0.2, 0) is 26.4 Å². The van der Waals surface area contributed by atoms with Gasteiger partial charge < -0.3 is 5.11 Å². The van der Waals surface area contributed by atoms with Crippen LogP contribution in [0.25, 0.3) is 0 Å². The van der Waals surface area contributed by atoms with Gasteiger partial charge >= 0.3 is 0 Å². The van der Waals surface area contributed by atoms with Gasteiger partial charge in [-0.3, -0.25) is 0 Å². The van der Waals surface area contributed by atoms with Gasteiger partial charge in [0.15, 0.2) is 9.84 Å². The molecule has 2 atom stereocenters. The first kappa shape index (κ1) is 19.5. The lowest BCUT2D eigenvalue weighted by Crippen LogP contribution is -2.46. The lowest BCUT2D eigenvalue weighted by atomic mass is 10.2. The average molecular weight is 460 g/mol. The van der Waals surface area contributed by atoms with Gasteiger partial charge in [-0.15, -0.1) is 0 Å². The van der Waals surface area contributed by atoms with Crippen molar-refractivity contribution < 1.29 is 21.9 Å². The monoisotopic (exact) mass is 459 g/mol. The Balaban J connectivity index is 2.04. The quantitative estimate of drug-likeness (QED) is 0.735. The lowest BCUT2D eigenvalue weighted by Gasteiger charge is -2.29. The second kappa shape index (κ2) is 7.40. The zero-order valence-electron chi connectivity index (χ0n) is 13.7. The largest absolute Gasteiger partial charge is 0.390 e. The summed E-state index contributed by atoms with van der Waals surface area (Å²) in [6, 6.07) is 14.0. The molecular formula is C17H18BrNO5S2. The van der Waals surface area contributed by atoms with E-state index in [0.717, 1.165) is 8.78 Å². The Morgan fingerprint density at radius 3 is 2.19 bits per heavy atom.